The Balaban J connectivity index is 0.000000106. The molecule has 0 amide bonds. The maximum absolute atomic E-state index is 6.32. The molecule has 0 spiro atoms. The van der Waals surface area contributed by atoms with Gasteiger partial charge in [-0.15, -0.1) is 0 Å². The number of para-hydroxylation sites is 7. The molecule has 0 saturated carbocycles. The molecule has 5 aromatic heterocycles. The van der Waals surface area contributed by atoms with Gasteiger partial charge in [-0.3, -0.25) is 0 Å². The molecule has 0 saturated heterocycles. The van der Waals surface area contributed by atoms with Crippen LogP contribution in [-0.4, -0.2) is 89.8 Å². The molecule has 0 fully saturated rings. The van der Waals surface area contributed by atoms with E-state index in [1.807, 2.05) is 48.7 Å². The monoisotopic (exact) mass is 1390 g/mol. The first kappa shape index (κ1) is 68.8. The summed E-state index contributed by atoms with van der Waals surface area (Å²) < 4.78 is 18.7. The van der Waals surface area contributed by atoms with E-state index in [1.54, 1.807) is 12.4 Å². The topological polar surface area (TPSA) is 110 Å². The third-order valence-electron chi connectivity index (χ3n) is 21.9. The van der Waals surface area contributed by atoms with Gasteiger partial charge in [-0.2, -0.15) is 0 Å². The first-order valence-electron chi connectivity index (χ1n) is 36.5. The first-order valence-corrected chi connectivity index (χ1v) is 36.5. The average Bonchev–Trinajstić information content (AvgIpc) is 1.58. The smallest absolute Gasteiger partial charge is 0.178 e. The molecule has 5 atom stereocenters. The third kappa shape index (κ3) is 12.0. The van der Waals surface area contributed by atoms with Crippen molar-refractivity contribution < 1.29 is 13.3 Å². The van der Waals surface area contributed by atoms with Crippen molar-refractivity contribution in [2.75, 3.05) is 67.4 Å². The number of nitrogens with zero attached hydrogens (tertiary/aromatic N) is 13. The highest BCUT2D eigenvalue weighted by Gasteiger charge is 2.37. The largest absolute Gasteiger partial charge is 0.454 e. The van der Waals surface area contributed by atoms with E-state index in [9.17, 15) is 0 Å². The van der Waals surface area contributed by atoms with E-state index in [1.165, 1.54) is 94.3 Å². The molecule has 0 bridgehead atoms. The molecular weight excluding hydrogens is 1300 g/mol. The first-order chi connectivity index (χ1) is 50.8. The van der Waals surface area contributed by atoms with Gasteiger partial charge in [0.1, 0.15) is 47.6 Å². The zero-order chi connectivity index (χ0) is 73.2. The van der Waals surface area contributed by atoms with E-state index in [2.05, 4.69) is 352 Å². The summed E-state index contributed by atoms with van der Waals surface area (Å²) >= 11 is 0. The molecule has 19 rings (SSSR count). The molecule has 5 unspecified atom stereocenters. The Hall–Kier alpha value is -11.9. The minimum atomic E-state index is 0.225. The number of aryl methyl sites for hydroxylation is 5. The second-order valence-corrected chi connectivity index (χ2v) is 28.4. The van der Waals surface area contributed by atoms with Crippen LogP contribution in [0.3, 0.4) is 0 Å². The lowest BCUT2D eigenvalue weighted by Crippen LogP contribution is -2.39. The second-order valence-electron chi connectivity index (χ2n) is 28.4. The molecule has 105 heavy (non-hydrogen) atoms. The number of hydrogen-bond acceptors (Lipinski definition) is 16. The summed E-state index contributed by atoms with van der Waals surface area (Å²) in [5.41, 5.74) is 21.6. The highest BCUT2D eigenvalue weighted by molar-refractivity contribution is 6.12. The third-order valence-corrected chi connectivity index (χ3v) is 21.9. The lowest BCUT2D eigenvalue weighted by molar-refractivity contribution is 0.263. The minimum absolute atomic E-state index is 0.225. The number of hydrogen-bond donors (Lipinski definition) is 0. The Morgan fingerprint density at radius 3 is 1.21 bits per heavy atom. The Bertz CT molecular complexity index is 5510. The van der Waals surface area contributed by atoms with E-state index in [0.717, 1.165) is 62.3 Å². The van der Waals surface area contributed by atoms with Crippen molar-refractivity contribution in [3.05, 3.63) is 265 Å². The number of furan rings is 3. The second kappa shape index (κ2) is 28.0. The van der Waals surface area contributed by atoms with Crippen molar-refractivity contribution in [3.8, 4) is 0 Å². The zero-order valence-electron chi connectivity index (χ0n) is 63.0. The lowest BCUT2D eigenvalue weighted by atomic mass is 10.1. The molecule has 0 radical (unpaired) electrons. The molecule has 0 aliphatic carbocycles. The van der Waals surface area contributed by atoms with Gasteiger partial charge in [0.25, 0.3) is 0 Å². The predicted octanol–water partition coefficient (Wildman–Crippen LogP) is 21.6. The van der Waals surface area contributed by atoms with Gasteiger partial charge in [-0.25, -0.2) is 15.0 Å². The van der Waals surface area contributed by atoms with E-state index >= 15 is 0 Å². The van der Waals surface area contributed by atoms with Crippen LogP contribution in [0.25, 0.3) is 65.8 Å². The van der Waals surface area contributed by atoms with Crippen LogP contribution < -0.4 is 39.2 Å². The maximum Gasteiger partial charge on any atom is 0.178 e. The summed E-state index contributed by atoms with van der Waals surface area (Å²) in [4.78, 5) is 36.2. The fourth-order valence-electron chi connectivity index (χ4n) is 15.7. The van der Waals surface area contributed by atoms with E-state index < -0.39 is 0 Å². The van der Waals surface area contributed by atoms with Gasteiger partial charge in [0, 0.05) is 121 Å². The van der Waals surface area contributed by atoms with E-state index in [-0.39, 0.29) is 24.7 Å². The number of fused-ring (bicyclic) bond motifs is 12. The minimum Gasteiger partial charge on any atom is -0.454 e. The number of rotatable bonds is 6. The molecule has 5 aliphatic heterocycles. The molecule has 0 N–H and O–H groups in total. The predicted molar refractivity (Wildman–Crippen MR) is 437 cm³/mol. The highest BCUT2D eigenvalue weighted by Crippen LogP contribution is 2.50. The van der Waals surface area contributed by atoms with Gasteiger partial charge in [0.15, 0.2) is 34.2 Å². The normalized spacial score (nSPS) is 17.8. The summed E-state index contributed by atoms with van der Waals surface area (Å²) in [5, 5.41) is 7.08. The van der Waals surface area contributed by atoms with Crippen molar-refractivity contribution in [2.24, 2.45) is 0 Å². The number of aromatic nitrogens is 3. The standard InChI is InChI=1S/C22H20N2O.C20H22N2O.C18H18N2O.C15H17N3.C14H16N4/c1-14-12-13-17-16-8-4-7-11-20(16)25-22(17)21(14)24-15(2)23(3)18-9-5-6-10-19(18)24;1-13(2)21-11-12-22(15(21)4)19-14(3)9-10-17-16-7-5-6-8-18(16)23-20(17)19;1-12-8-9-15-14-6-4-5-7-16(14)21-18(15)17(12)20-11-10-19(3)13(20)2;1-11-7-4-5-8-13(11)18-12(2)17(3)15-14(18)9-6-10-16-15;1-10-6-4-5-7-12(10)18-11(2)17(3)13-14(18)16-9-8-15-13/h4-13,15H,1-3H3;5-13,15H,1-4H3;4-11,13H,1-3H3;4-10,12H,1-3H3;4-9,11H,1-3H3. The number of pyridine rings is 1. The highest BCUT2D eigenvalue weighted by atomic mass is 16.3. The van der Waals surface area contributed by atoms with Crippen molar-refractivity contribution in [1.29, 1.82) is 0 Å². The molecule has 16 nitrogen and oxygen atoms in total. The quantitative estimate of drug-likeness (QED) is 0.157. The fourth-order valence-corrected chi connectivity index (χ4v) is 15.7. The van der Waals surface area contributed by atoms with Crippen LogP contribution in [0.5, 0.6) is 0 Å². The SMILES string of the molecule is Cc1ccc2c(oc3ccccc32)c1N1C=CN(C(C)C)C1C.Cc1ccc2c(oc3ccccc32)c1N1C=CN(C)C1C.Cc1ccc2c(oc3ccccc32)c1N1c2ccccc2N(C)C1C.Cc1ccccc1N1c2cccnc2N(C)C1C.Cc1ccccc1N1c2nccnc2N(C)C1C. The molecular formula is C89H93N13O3. The van der Waals surface area contributed by atoms with Gasteiger partial charge in [-0.1, -0.05) is 140 Å². The fraction of sp³-hybridized carbons (Fsp3) is 0.247. The van der Waals surface area contributed by atoms with E-state index in [0.29, 0.717) is 12.2 Å². The maximum atomic E-state index is 6.32. The summed E-state index contributed by atoms with van der Waals surface area (Å²) in [6, 6.07) is 67.9. The average molecular weight is 1390 g/mol. The van der Waals surface area contributed by atoms with Crippen LogP contribution in [0, 0.1) is 34.6 Å². The van der Waals surface area contributed by atoms with Gasteiger partial charge in [0.2, 0.25) is 0 Å². The van der Waals surface area contributed by atoms with Crippen molar-refractivity contribution in [2.45, 2.75) is 120 Å². The van der Waals surface area contributed by atoms with Gasteiger partial charge in [-0.05, 0) is 165 Å². The van der Waals surface area contributed by atoms with E-state index in [4.69, 9.17) is 13.3 Å². The van der Waals surface area contributed by atoms with Crippen LogP contribution in [0.2, 0.25) is 0 Å². The number of anilines is 11. The molecule has 10 heterocycles. The van der Waals surface area contributed by atoms with Crippen molar-refractivity contribution in [1.82, 2.24) is 24.8 Å². The van der Waals surface area contributed by atoms with Gasteiger partial charge < -0.3 is 62.3 Å². The molecule has 14 aromatic rings. The van der Waals surface area contributed by atoms with Crippen LogP contribution >= 0.6 is 0 Å². The summed E-state index contributed by atoms with van der Waals surface area (Å²) in [7, 11) is 8.39. The van der Waals surface area contributed by atoms with Crippen LogP contribution in [-0.2, 0) is 0 Å². The molecule has 5 aliphatic rings. The lowest BCUT2D eigenvalue weighted by Gasteiger charge is -2.33. The van der Waals surface area contributed by atoms with Crippen molar-refractivity contribution in [3.63, 3.8) is 0 Å². The van der Waals surface area contributed by atoms with Gasteiger partial charge >= 0.3 is 0 Å². The summed E-state index contributed by atoms with van der Waals surface area (Å²) in [6.07, 6.45) is 15.2. The van der Waals surface area contributed by atoms with Crippen LogP contribution in [0.15, 0.2) is 251 Å². The Labute approximate surface area is 616 Å². The van der Waals surface area contributed by atoms with Crippen LogP contribution in [0.1, 0.15) is 76.3 Å². The van der Waals surface area contributed by atoms with Crippen LogP contribution in [0.4, 0.5) is 63.0 Å². The van der Waals surface area contributed by atoms with Crippen molar-refractivity contribution >= 4 is 129 Å². The summed E-state index contributed by atoms with van der Waals surface area (Å²) in [5.74, 6) is 2.92. The molecule has 16 heteroatoms. The Morgan fingerprint density at radius 2 is 0.705 bits per heavy atom. The molecule has 9 aromatic carbocycles. The zero-order valence-corrected chi connectivity index (χ0v) is 63.0. The molecule has 532 valence electrons. The Kier molecular flexibility index (Phi) is 18.4. The number of benzene rings is 9. The Morgan fingerprint density at radius 1 is 0.305 bits per heavy atom. The van der Waals surface area contributed by atoms with Gasteiger partial charge in [0.05, 0.1) is 34.1 Å². The summed E-state index contributed by atoms with van der Waals surface area (Å²) in [6.45, 7) is 26.2.